The molecule has 0 saturated carbocycles. The number of amides is 1. The molecule has 1 aromatic carbocycles. The number of carbonyl (C=O) groups is 1. The average Bonchev–Trinajstić information content (AvgIpc) is 2.66. The highest BCUT2D eigenvalue weighted by molar-refractivity contribution is 5.77. The summed E-state index contributed by atoms with van der Waals surface area (Å²) in [6.07, 6.45) is 0.810. The summed E-state index contributed by atoms with van der Waals surface area (Å²) in [5.41, 5.74) is 6.19. The van der Waals surface area contributed by atoms with Gasteiger partial charge in [0.05, 0.1) is 5.92 Å². The first-order valence-electron chi connectivity index (χ1n) is 5.41. The van der Waals surface area contributed by atoms with Crippen LogP contribution in [-0.4, -0.2) is 23.9 Å². The summed E-state index contributed by atoms with van der Waals surface area (Å²) in [5, 5.41) is 0. The van der Waals surface area contributed by atoms with Crippen molar-refractivity contribution in [3.05, 3.63) is 35.6 Å². The van der Waals surface area contributed by atoms with Crippen molar-refractivity contribution in [1.82, 2.24) is 4.90 Å². The highest BCUT2D eigenvalue weighted by Crippen LogP contribution is 2.18. The molecule has 2 N–H and O–H groups in total. The highest BCUT2D eigenvalue weighted by Gasteiger charge is 2.26. The van der Waals surface area contributed by atoms with Gasteiger partial charge in [-0.3, -0.25) is 9.69 Å². The Morgan fingerprint density at radius 3 is 3.00 bits per heavy atom. The zero-order valence-corrected chi connectivity index (χ0v) is 9.03. The predicted octanol–water partition coefficient (Wildman–Crippen LogP) is 1.13. The Hall–Kier alpha value is -1.42. The molecule has 1 heterocycles. The summed E-state index contributed by atoms with van der Waals surface area (Å²) in [7, 11) is 0. The van der Waals surface area contributed by atoms with Crippen LogP contribution < -0.4 is 5.73 Å². The Labute approximate surface area is 94.0 Å². The van der Waals surface area contributed by atoms with E-state index >= 15 is 0 Å². The topological polar surface area (TPSA) is 46.3 Å². The molecule has 3 nitrogen and oxygen atoms in total. The Balaban J connectivity index is 1.94. The summed E-state index contributed by atoms with van der Waals surface area (Å²) >= 11 is 0. The molecule has 1 aliphatic heterocycles. The van der Waals surface area contributed by atoms with Crippen molar-refractivity contribution >= 4 is 5.91 Å². The van der Waals surface area contributed by atoms with Crippen molar-refractivity contribution in [1.29, 1.82) is 0 Å². The second-order valence-corrected chi connectivity index (χ2v) is 4.25. The molecule has 0 aliphatic carbocycles. The van der Waals surface area contributed by atoms with E-state index in [1.54, 1.807) is 6.07 Å². The van der Waals surface area contributed by atoms with Crippen LogP contribution in [0.25, 0.3) is 0 Å². The molecule has 1 aliphatic rings. The number of rotatable bonds is 3. The number of halogens is 1. The van der Waals surface area contributed by atoms with Crippen LogP contribution in [0, 0.1) is 11.7 Å². The van der Waals surface area contributed by atoms with Gasteiger partial charge in [-0.1, -0.05) is 12.1 Å². The molecule has 2 rings (SSSR count). The fraction of sp³-hybridized carbons (Fsp3) is 0.417. The molecule has 0 radical (unpaired) electrons. The smallest absolute Gasteiger partial charge is 0.221 e. The molecule has 1 saturated heterocycles. The van der Waals surface area contributed by atoms with E-state index in [9.17, 15) is 9.18 Å². The molecule has 0 spiro atoms. The minimum atomic E-state index is -0.234. The summed E-state index contributed by atoms with van der Waals surface area (Å²) in [5.74, 6) is -0.501. The Morgan fingerprint density at radius 2 is 2.38 bits per heavy atom. The van der Waals surface area contributed by atoms with Crippen LogP contribution in [0.5, 0.6) is 0 Å². The Bertz CT molecular complexity index is 394. The number of hydrogen-bond donors (Lipinski definition) is 1. The fourth-order valence-electron chi connectivity index (χ4n) is 2.10. The minimum absolute atomic E-state index is 0.0476. The van der Waals surface area contributed by atoms with Crippen molar-refractivity contribution in [3.8, 4) is 0 Å². The van der Waals surface area contributed by atoms with Crippen molar-refractivity contribution in [2.45, 2.75) is 13.0 Å². The van der Waals surface area contributed by atoms with Crippen LogP contribution in [0.4, 0.5) is 4.39 Å². The number of nitrogens with two attached hydrogens (primary N) is 1. The maximum atomic E-state index is 13.0. The third kappa shape index (κ3) is 2.58. The lowest BCUT2D eigenvalue weighted by atomic mass is 10.1. The van der Waals surface area contributed by atoms with Crippen LogP contribution >= 0.6 is 0 Å². The summed E-state index contributed by atoms with van der Waals surface area (Å²) in [4.78, 5) is 13.1. The first-order valence-corrected chi connectivity index (χ1v) is 5.41. The molecule has 1 amide bonds. The molecule has 86 valence electrons. The predicted molar refractivity (Wildman–Crippen MR) is 59.0 cm³/mol. The quantitative estimate of drug-likeness (QED) is 0.833. The van der Waals surface area contributed by atoms with Crippen LogP contribution in [-0.2, 0) is 11.3 Å². The molecule has 1 atom stereocenters. The summed E-state index contributed by atoms with van der Waals surface area (Å²) in [6.45, 7) is 2.22. The first kappa shape index (κ1) is 11.1. The normalized spacial score (nSPS) is 21.2. The summed E-state index contributed by atoms with van der Waals surface area (Å²) < 4.78 is 13.0. The van der Waals surface area contributed by atoms with Gasteiger partial charge in [0.2, 0.25) is 5.91 Å². The maximum Gasteiger partial charge on any atom is 0.221 e. The number of hydrogen-bond acceptors (Lipinski definition) is 2. The van der Waals surface area contributed by atoms with E-state index in [1.807, 2.05) is 6.07 Å². The first-order chi connectivity index (χ1) is 7.65. The molecule has 1 unspecified atom stereocenters. The number of primary amides is 1. The van der Waals surface area contributed by atoms with E-state index in [4.69, 9.17) is 5.73 Å². The average molecular weight is 222 g/mol. The van der Waals surface area contributed by atoms with E-state index in [1.165, 1.54) is 12.1 Å². The van der Waals surface area contributed by atoms with Gasteiger partial charge in [-0.2, -0.15) is 0 Å². The van der Waals surface area contributed by atoms with Crippen LogP contribution in [0.2, 0.25) is 0 Å². The van der Waals surface area contributed by atoms with Gasteiger partial charge in [0.1, 0.15) is 5.82 Å². The number of nitrogens with zero attached hydrogens (tertiary/aromatic N) is 1. The summed E-state index contributed by atoms with van der Waals surface area (Å²) in [6, 6.07) is 6.55. The number of carbonyl (C=O) groups excluding carboxylic acids is 1. The highest BCUT2D eigenvalue weighted by atomic mass is 19.1. The molecule has 4 heteroatoms. The molecule has 1 aromatic rings. The van der Waals surface area contributed by atoms with Gasteiger partial charge in [-0.15, -0.1) is 0 Å². The lowest BCUT2D eigenvalue weighted by molar-refractivity contribution is -0.121. The zero-order chi connectivity index (χ0) is 11.5. The van der Waals surface area contributed by atoms with Gasteiger partial charge in [-0.25, -0.2) is 4.39 Å². The molecule has 0 aromatic heterocycles. The minimum Gasteiger partial charge on any atom is -0.369 e. The standard InChI is InChI=1S/C12H15FN2O/c13-11-3-1-2-9(6-11)7-15-5-4-10(8-15)12(14)16/h1-3,6,10H,4-5,7-8H2,(H2,14,16). The van der Waals surface area contributed by atoms with Gasteiger partial charge in [-0.05, 0) is 30.7 Å². The van der Waals surface area contributed by atoms with Crippen LogP contribution in [0.15, 0.2) is 24.3 Å². The Morgan fingerprint density at radius 1 is 1.56 bits per heavy atom. The third-order valence-corrected chi connectivity index (χ3v) is 2.97. The number of likely N-dealkylation sites (tertiary alicyclic amines) is 1. The van der Waals surface area contributed by atoms with E-state index < -0.39 is 0 Å². The molecule has 0 bridgehead atoms. The van der Waals surface area contributed by atoms with Gasteiger partial charge in [0.25, 0.3) is 0 Å². The van der Waals surface area contributed by atoms with Crippen molar-refractivity contribution < 1.29 is 9.18 Å². The zero-order valence-electron chi connectivity index (χ0n) is 9.03. The molecule has 1 fully saturated rings. The van der Waals surface area contributed by atoms with E-state index in [0.717, 1.165) is 18.5 Å². The largest absolute Gasteiger partial charge is 0.369 e. The van der Waals surface area contributed by atoms with Crippen molar-refractivity contribution in [2.24, 2.45) is 11.7 Å². The Kier molecular flexibility index (Phi) is 3.19. The van der Waals surface area contributed by atoms with Crippen LogP contribution in [0.3, 0.4) is 0 Å². The van der Waals surface area contributed by atoms with Gasteiger partial charge in [0.15, 0.2) is 0 Å². The van der Waals surface area contributed by atoms with Gasteiger partial charge >= 0.3 is 0 Å². The fourth-order valence-corrected chi connectivity index (χ4v) is 2.10. The molecular formula is C12H15FN2O. The third-order valence-electron chi connectivity index (χ3n) is 2.97. The SMILES string of the molecule is NC(=O)C1CCN(Cc2cccc(F)c2)C1. The van der Waals surface area contributed by atoms with E-state index in [-0.39, 0.29) is 17.6 Å². The van der Waals surface area contributed by atoms with Gasteiger partial charge in [0, 0.05) is 13.1 Å². The van der Waals surface area contributed by atoms with E-state index in [2.05, 4.69) is 4.90 Å². The van der Waals surface area contributed by atoms with Crippen molar-refractivity contribution in [3.63, 3.8) is 0 Å². The molecule has 16 heavy (non-hydrogen) atoms. The second kappa shape index (κ2) is 4.61. The maximum absolute atomic E-state index is 13.0. The monoisotopic (exact) mass is 222 g/mol. The van der Waals surface area contributed by atoms with E-state index in [0.29, 0.717) is 13.1 Å². The lowest BCUT2D eigenvalue weighted by Gasteiger charge is -2.15. The van der Waals surface area contributed by atoms with Crippen LogP contribution in [0.1, 0.15) is 12.0 Å². The second-order valence-electron chi connectivity index (χ2n) is 4.25. The van der Waals surface area contributed by atoms with Gasteiger partial charge < -0.3 is 5.73 Å². The van der Waals surface area contributed by atoms with Crippen molar-refractivity contribution in [2.75, 3.05) is 13.1 Å². The number of benzene rings is 1. The molecular weight excluding hydrogens is 207 g/mol. The lowest BCUT2D eigenvalue weighted by Crippen LogP contribution is -2.27.